The van der Waals surface area contributed by atoms with Crippen LogP contribution in [0.2, 0.25) is 0 Å². The molecular weight excluding hydrogens is 370 g/mol. The maximum atomic E-state index is 12.4. The van der Waals surface area contributed by atoms with Gasteiger partial charge in [-0.1, -0.05) is 0 Å². The topological polar surface area (TPSA) is 89.6 Å². The molecule has 7 nitrogen and oxygen atoms in total. The van der Waals surface area contributed by atoms with E-state index in [4.69, 9.17) is 9.47 Å². The lowest BCUT2D eigenvalue weighted by atomic mass is 10.2. The van der Waals surface area contributed by atoms with Gasteiger partial charge in [-0.05, 0) is 67.1 Å². The lowest BCUT2D eigenvalue weighted by molar-refractivity contribution is 0.101. The van der Waals surface area contributed by atoms with Crippen molar-refractivity contribution in [3.8, 4) is 11.5 Å². The first-order valence-corrected chi connectivity index (χ1v) is 8.87. The highest BCUT2D eigenvalue weighted by atomic mass is 16.5. The molecule has 2 N–H and O–H groups in total. The van der Waals surface area contributed by atoms with Crippen LogP contribution < -0.4 is 20.1 Å². The Balaban J connectivity index is 1.67. The minimum atomic E-state index is -0.283. The third-order valence-electron chi connectivity index (χ3n) is 4.31. The Kier molecular flexibility index (Phi) is 6.09. The van der Waals surface area contributed by atoms with Crippen LogP contribution in [0.15, 0.2) is 60.8 Å². The smallest absolute Gasteiger partial charge is 0.256 e. The van der Waals surface area contributed by atoms with E-state index in [1.807, 2.05) is 6.92 Å². The number of carbonyl (C=O) groups excluding carboxylic acids is 2. The van der Waals surface area contributed by atoms with Crippen LogP contribution in [-0.4, -0.2) is 31.0 Å². The van der Waals surface area contributed by atoms with Gasteiger partial charge in [0.2, 0.25) is 0 Å². The van der Waals surface area contributed by atoms with Crippen molar-refractivity contribution in [2.24, 2.45) is 0 Å². The monoisotopic (exact) mass is 391 g/mol. The maximum Gasteiger partial charge on any atom is 0.256 e. The molecule has 0 unspecified atom stereocenters. The fourth-order valence-corrected chi connectivity index (χ4v) is 2.62. The van der Waals surface area contributed by atoms with Crippen molar-refractivity contribution in [1.82, 2.24) is 4.98 Å². The van der Waals surface area contributed by atoms with Gasteiger partial charge in [-0.2, -0.15) is 0 Å². The lowest BCUT2D eigenvalue weighted by Gasteiger charge is -2.11. The van der Waals surface area contributed by atoms with Crippen molar-refractivity contribution >= 4 is 23.3 Å². The molecule has 0 spiro atoms. The van der Waals surface area contributed by atoms with Crippen LogP contribution in [0.1, 0.15) is 26.3 Å². The number of amides is 2. The minimum Gasteiger partial charge on any atom is -0.497 e. The van der Waals surface area contributed by atoms with Crippen molar-refractivity contribution in [2.75, 3.05) is 24.9 Å². The molecule has 0 aliphatic heterocycles. The molecule has 7 heteroatoms. The molecule has 0 saturated heterocycles. The summed E-state index contributed by atoms with van der Waals surface area (Å²) >= 11 is 0. The highest BCUT2D eigenvalue weighted by molar-refractivity contribution is 6.05. The van der Waals surface area contributed by atoms with E-state index >= 15 is 0 Å². The SMILES string of the molecule is COc1ccc(C(=O)Nc2cc(C)c(NC(=O)c3ccc(OC)cc3)cn2)cc1. The van der Waals surface area contributed by atoms with Crippen LogP contribution in [0, 0.1) is 6.92 Å². The van der Waals surface area contributed by atoms with Gasteiger partial charge in [-0.25, -0.2) is 4.98 Å². The average molecular weight is 391 g/mol. The van der Waals surface area contributed by atoms with Gasteiger partial charge in [0.1, 0.15) is 17.3 Å². The van der Waals surface area contributed by atoms with Gasteiger partial charge in [-0.3, -0.25) is 9.59 Å². The summed E-state index contributed by atoms with van der Waals surface area (Å²) < 4.78 is 10.2. The molecule has 0 aliphatic rings. The van der Waals surface area contributed by atoms with E-state index in [1.165, 1.54) is 6.20 Å². The van der Waals surface area contributed by atoms with E-state index < -0.39 is 0 Å². The molecule has 1 aromatic heterocycles. The van der Waals surface area contributed by atoms with E-state index in [0.29, 0.717) is 34.1 Å². The van der Waals surface area contributed by atoms with Gasteiger partial charge in [0.05, 0.1) is 26.1 Å². The zero-order chi connectivity index (χ0) is 20.8. The second-order valence-electron chi connectivity index (χ2n) is 6.25. The molecular formula is C22H21N3O4. The number of anilines is 2. The van der Waals surface area contributed by atoms with Gasteiger partial charge in [-0.15, -0.1) is 0 Å². The second-order valence-corrected chi connectivity index (χ2v) is 6.25. The summed E-state index contributed by atoms with van der Waals surface area (Å²) in [7, 11) is 3.13. The maximum absolute atomic E-state index is 12.4. The summed E-state index contributed by atoms with van der Waals surface area (Å²) in [5.41, 5.74) is 2.32. The van der Waals surface area contributed by atoms with Gasteiger partial charge in [0.15, 0.2) is 0 Å². The van der Waals surface area contributed by atoms with E-state index in [9.17, 15) is 9.59 Å². The third kappa shape index (κ3) is 4.90. The quantitative estimate of drug-likeness (QED) is 0.665. The van der Waals surface area contributed by atoms with Crippen LogP contribution in [0.25, 0.3) is 0 Å². The van der Waals surface area contributed by atoms with Gasteiger partial charge < -0.3 is 20.1 Å². The number of nitrogens with one attached hydrogen (secondary N) is 2. The van der Waals surface area contributed by atoms with Crippen LogP contribution in [0.5, 0.6) is 11.5 Å². The highest BCUT2D eigenvalue weighted by Crippen LogP contribution is 2.20. The van der Waals surface area contributed by atoms with Gasteiger partial charge >= 0.3 is 0 Å². The fraction of sp³-hybridized carbons (Fsp3) is 0.136. The molecule has 3 rings (SSSR count). The summed E-state index contributed by atoms with van der Waals surface area (Å²) in [6, 6.07) is 15.3. The summed E-state index contributed by atoms with van der Waals surface area (Å²) in [5, 5.41) is 5.56. The van der Waals surface area contributed by atoms with Crippen molar-refractivity contribution in [2.45, 2.75) is 6.92 Å². The zero-order valence-electron chi connectivity index (χ0n) is 16.4. The first kappa shape index (κ1) is 19.9. The summed E-state index contributed by atoms with van der Waals surface area (Å²) in [5.74, 6) is 1.21. The normalized spacial score (nSPS) is 10.2. The predicted molar refractivity (Wildman–Crippen MR) is 111 cm³/mol. The fourth-order valence-electron chi connectivity index (χ4n) is 2.62. The summed E-state index contributed by atoms with van der Waals surface area (Å²) in [6.07, 6.45) is 1.51. The molecule has 2 aromatic carbocycles. The number of hydrogen-bond acceptors (Lipinski definition) is 5. The second kappa shape index (κ2) is 8.88. The molecule has 0 saturated carbocycles. The van der Waals surface area contributed by atoms with Crippen LogP contribution in [0.4, 0.5) is 11.5 Å². The highest BCUT2D eigenvalue weighted by Gasteiger charge is 2.11. The number of ether oxygens (including phenoxy) is 2. The summed E-state index contributed by atoms with van der Waals surface area (Å²) in [4.78, 5) is 29.0. The van der Waals surface area contributed by atoms with E-state index in [2.05, 4.69) is 15.6 Å². The Hall–Kier alpha value is -3.87. The molecule has 29 heavy (non-hydrogen) atoms. The number of benzene rings is 2. The van der Waals surface area contributed by atoms with Crippen molar-refractivity contribution in [3.63, 3.8) is 0 Å². The Labute approximate surface area is 168 Å². The van der Waals surface area contributed by atoms with Crippen molar-refractivity contribution in [1.29, 1.82) is 0 Å². The third-order valence-corrected chi connectivity index (χ3v) is 4.31. The number of aromatic nitrogens is 1. The lowest BCUT2D eigenvalue weighted by Crippen LogP contribution is -2.15. The molecule has 0 fully saturated rings. The van der Waals surface area contributed by atoms with Crippen LogP contribution in [0.3, 0.4) is 0 Å². The number of aryl methyl sites for hydroxylation is 1. The van der Waals surface area contributed by atoms with Crippen LogP contribution >= 0.6 is 0 Å². The molecule has 0 bridgehead atoms. The van der Waals surface area contributed by atoms with E-state index in [1.54, 1.807) is 68.8 Å². The number of pyridine rings is 1. The number of rotatable bonds is 6. The summed E-state index contributed by atoms with van der Waals surface area (Å²) in [6.45, 7) is 1.83. The minimum absolute atomic E-state index is 0.257. The molecule has 0 radical (unpaired) electrons. The zero-order valence-corrected chi connectivity index (χ0v) is 16.4. The first-order chi connectivity index (χ1) is 14.0. The Morgan fingerprint density at radius 3 is 1.72 bits per heavy atom. The van der Waals surface area contributed by atoms with Crippen molar-refractivity contribution < 1.29 is 19.1 Å². The Bertz CT molecular complexity index is 1020. The molecule has 2 amide bonds. The predicted octanol–water partition coefficient (Wildman–Crippen LogP) is 3.91. The van der Waals surface area contributed by atoms with Crippen LogP contribution in [-0.2, 0) is 0 Å². The molecule has 1 heterocycles. The van der Waals surface area contributed by atoms with E-state index in [-0.39, 0.29) is 11.8 Å². The Morgan fingerprint density at radius 2 is 1.28 bits per heavy atom. The van der Waals surface area contributed by atoms with Gasteiger partial charge in [0, 0.05) is 11.1 Å². The van der Waals surface area contributed by atoms with Crippen molar-refractivity contribution in [3.05, 3.63) is 77.5 Å². The average Bonchev–Trinajstić information content (AvgIpc) is 2.75. The molecule has 148 valence electrons. The number of methoxy groups -OCH3 is 2. The molecule has 3 aromatic rings. The number of nitrogens with zero attached hydrogens (tertiary/aromatic N) is 1. The number of carbonyl (C=O) groups is 2. The largest absolute Gasteiger partial charge is 0.497 e. The molecule has 0 atom stereocenters. The van der Waals surface area contributed by atoms with Gasteiger partial charge in [0.25, 0.3) is 11.8 Å². The standard InChI is InChI=1S/C22H21N3O4/c1-14-12-20(25-22(27)16-6-10-18(29-3)11-7-16)23-13-19(14)24-21(26)15-4-8-17(28-2)9-5-15/h4-13H,1-3H3,(H,24,26)(H,23,25,27). The molecule has 0 aliphatic carbocycles. The first-order valence-electron chi connectivity index (χ1n) is 8.87. The number of hydrogen-bond donors (Lipinski definition) is 2. The Morgan fingerprint density at radius 1 is 0.793 bits per heavy atom. The van der Waals surface area contributed by atoms with E-state index in [0.717, 1.165) is 5.56 Å².